The van der Waals surface area contributed by atoms with Crippen molar-refractivity contribution in [3.05, 3.63) is 71.3 Å². The zero-order chi connectivity index (χ0) is 17.5. The lowest BCUT2D eigenvalue weighted by Crippen LogP contribution is -2.43. The predicted octanol–water partition coefficient (Wildman–Crippen LogP) is 2.41. The van der Waals surface area contributed by atoms with Crippen molar-refractivity contribution in [2.24, 2.45) is 0 Å². The summed E-state index contributed by atoms with van der Waals surface area (Å²) in [4.78, 5) is 23.9. The van der Waals surface area contributed by atoms with Gasteiger partial charge < -0.3 is 10.1 Å². The van der Waals surface area contributed by atoms with Crippen molar-refractivity contribution in [2.45, 2.75) is 18.9 Å². The third kappa shape index (κ3) is 4.87. The van der Waals surface area contributed by atoms with E-state index in [1.54, 1.807) is 12.1 Å². The highest BCUT2D eigenvalue weighted by Crippen LogP contribution is 2.11. The normalized spacial score (nSPS) is 11.6. The van der Waals surface area contributed by atoms with E-state index in [2.05, 4.69) is 10.1 Å². The smallest absolute Gasteiger partial charge is 0.328 e. The Hall–Kier alpha value is -2.76. The molecule has 2 aromatic rings. The molecule has 0 aliphatic heterocycles. The first-order valence-electron chi connectivity index (χ1n) is 7.34. The molecule has 0 bridgehead atoms. The van der Waals surface area contributed by atoms with Crippen LogP contribution in [0, 0.1) is 11.6 Å². The number of hydrogen-bond acceptors (Lipinski definition) is 3. The summed E-state index contributed by atoms with van der Waals surface area (Å²) in [5, 5.41) is 2.51. The summed E-state index contributed by atoms with van der Waals surface area (Å²) >= 11 is 0. The Kier molecular flexibility index (Phi) is 6.01. The van der Waals surface area contributed by atoms with Crippen molar-refractivity contribution in [2.75, 3.05) is 7.11 Å². The topological polar surface area (TPSA) is 55.4 Å². The van der Waals surface area contributed by atoms with Gasteiger partial charge in [0.15, 0.2) is 0 Å². The van der Waals surface area contributed by atoms with E-state index in [9.17, 15) is 18.4 Å². The molecule has 0 spiro atoms. The van der Waals surface area contributed by atoms with Gasteiger partial charge in [-0.2, -0.15) is 0 Å². The van der Waals surface area contributed by atoms with Crippen molar-refractivity contribution < 1.29 is 23.1 Å². The number of hydrogen-bond donors (Lipinski definition) is 1. The molecule has 0 aromatic heterocycles. The van der Waals surface area contributed by atoms with Gasteiger partial charge in [0.1, 0.15) is 17.7 Å². The van der Waals surface area contributed by atoms with Crippen molar-refractivity contribution in [1.82, 2.24) is 5.32 Å². The first-order chi connectivity index (χ1) is 11.5. The van der Waals surface area contributed by atoms with Gasteiger partial charge in [0.25, 0.3) is 0 Å². The first kappa shape index (κ1) is 17.6. The SMILES string of the molecule is COC(=O)[C@H](Cc1ccccc1F)NC(=O)Cc1cccc(F)c1. The van der Waals surface area contributed by atoms with Crippen LogP contribution < -0.4 is 5.32 Å². The Labute approximate surface area is 138 Å². The molecule has 0 saturated carbocycles. The van der Waals surface area contributed by atoms with Gasteiger partial charge in [-0.1, -0.05) is 30.3 Å². The second kappa shape index (κ2) is 8.19. The monoisotopic (exact) mass is 333 g/mol. The molecule has 1 atom stereocenters. The molecule has 0 heterocycles. The van der Waals surface area contributed by atoms with Crippen LogP contribution in [0.25, 0.3) is 0 Å². The van der Waals surface area contributed by atoms with Crippen LogP contribution in [-0.4, -0.2) is 25.0 Å². The van der Waals surface area contributed by atoms with Crippen LogP contribution in [0.15, 0.2) is 48.5 Å². The minimum atomic E-state index is -1.02. The van der Waals surface area contributed by atoms with Gasteiger partial charge in [-0.15, -0.1) is 0 Å². The van der Waals surface area contributed by atoms with Crippen LogP contribution in [0.1, 0.15) is 11.1 Å². The van der Waals surface area contributed by atoms with Crippen LogP contribution >= 0.6 is 0 Å². The largest absolute Gasteiger partial charge is 0.467 e. The molecule has 126 valence electrons. The molecule has 6 heteroatoms. The number of ether oxygens (including phenoxy) is 1. The number of benzene rings is 2. The molecule has 0 radical (unpaired) electrons. The van der Waals surface area contributed by atoms with Gasteiger partial charge in [0.05, 0.1) is 13.5 Å². The number of methoxy groups -OCH3 is 1. The molecule has 1 amide bonds. The Morgan fingerprint density at radius 2 is 1.88 bits per heavy atom. The number of nitrogens with one attached hydrogen (secondary N) is 1. The Balaban J connectivity index is 2.07. The summed E-state index contributed by atoms with van der Waals surface area (Å²) in [7, 11) is 1.19. The lowest BCUT2D eigenvalue weighted by molar-refractivity contribution is -0.145. The maximum atomic E-state index is 13.7. The molecular weight excluding hydrogens is 316 g/mol. The summed E-state index contributed by atoms with van der Waals surface area (Å²) in [6.07, 6.45) is -0.128. The molecular formula is C18H17F2NO3. The van der Waals surface area contributed by atoms with E-state index in [0.717, 1.165) is 0 Å². The van der Waals surface area contributed by atoms with E-state index in [4.69, 9.17) is 0 Å². The van der Waals surface area contributed by atoms with Gasteiger partial charge in [0.2, 0.25) is 5.91 Å². The maximum Gasteiger partial charge on any atom is 0.328 e. The number of halogens is 2. The molecule has 0 saturated heterocycles. The van der Waals surface area contributed by atoms with Gasteiger partial charge in [-0.3, -0.25) is 4.79 Å². The van der Waals surface area contributed by atoms with E-state index >= 15 is 0 Å². The highest BCUT2D eigenvalue weighted by molar-refractivity contribution is 5.85. The second-order valence-electron chi connectivity index (χ2n) is 5.25. The van der Waals surface area contributed by atoms with Gasteiger partial charge in [0, 0.05) is 6.42 Å². The fourth-order valence-electron chi connectivity index (χ4n) is 2.30. The first-order valence-corrected chi connectivity index (χ1v) is 7.34. The number of esters is 1. The van der Waals surface area contributed by atoms with E-state index in [1.165, 1.54) is 43.5 Å². The predicted molar refractivity (Wildman–Crippen MR) is 84.2 cm³/mol. The summed E-state index contributed by atoms with van der Waals surface area (Å²) in [6, 6.07) is 10.6. The molecule has 1 N–H and O–H groups in total. The molecule has 2 rings (SSSR count). The van der Waals surface area contributed by atoms with Crippen molar-refractivity contribution in [3.63, 3.8) is 0 Å². The van der Waals surface area contributed by atoms with Crippen LogP contribution in [-0.2, 0) is 27.2 Å². The fourth-order valence-corrected chi connectivity index (χ4v) is 2.30. The van der Waals surface area contributed by atoms with Crippen molar-refractivity contribution >= 4 is 11.9 Å². The van der Waals surface area contributed by atoms with Crippen LogP contribution in [0.2, 0.25) is 0 Å². The number of carbonyl (C=O) groups excluding carboxylic acids is 2. The highest BCUT2D eigenvalue weighted by atomic mass is 19.1. The van der Waals surface area contributed by atoms with E-state index in [0.29, 0.717) is 11.1 Å². The summed E-state index contributed by atoms with van der Waals surface area (Å²) < 4.78 is 31.5. The summed E-state index contributed by atoms with van der Waals surface area (Å²) in [5.41, 5.74) is 0.765. The molecule has 0 aliphatic carbocycles. The standard InChI is InChI=1S/C18H17F2NO3/c1-24-18(23)16(11-13-6-2-3-8-15(13)20)21-17(22)10-12-5-4-7-14(19)9-12/h2-9,16H,10-11H2,1H3,(H,21,22)/t16-/m0/s1. The molecule has 0 fully saturated rings. The quantitative estimate of drug-likeness (QED) is 0.826. The van der Waals surface area contributed by atoms with Crippen LogP contribution in [0.4, 0.5) is 8.78 Å². The highest BCUT2D eigenvalue weighted by Gasteiger charge is 2.23. The molecule has 4 nitrogen and oxygen atoms in total. The lowest BCUT2D eigenvalue weighted by atomic mass is 10.0. The third-order valence-corrected chi connectivity index (χ3v) is 3.46. The molecule has 0 aliphatic rings. The molecule has 0 unspecified atom stereocenters. The van der Waals surface area contributed by atoms with E-state index in [1.807, 2.05) is 0 Å². The van der Waals surface area contributed by atoms with Gasteiger partial charge >= 0.3 is 5.97 Å². The Bertz CT molecular complexity index is 734. The maximum absolute atomic E-state index is 13.7. The van der Waals surface area contributed by atoms with Crippen molar-refractivity contribution in [1.29, 1.82) is 0 Å². The Morgan fingerprint density at radius 3 is 2.54 bits per heavy atom. The number of carbonyl (C=O) groups is 2. The zero-order valence-corrected chi connectivity index (χ0v) is 13.1. The van der Waals surface area contributed by atoms with Crippen molar-refractivity contribution in [3.8, 4) is 0 Å². The minimum absolute atomic E-state index is 0.0335. The van der Waals surface area contributed by atoms with Crippen LogP contribution in [0.3, 0.4) is 0 Å². The molecule has 2 aromatic carbocycles. The molecule has 24 heavy (non-hydrogen) atoms. The summed E-state index contributed by atoms with van der Waals surface area (Å²) in [6.45, 7) is 0. The summed E-state index contributed by atoms with van der Waals surface area (Å²) in [5.74, 6) is -2.07. The second-order valence-corrected chi connectivity index (χ2v) is 5.25. The fraction of sp³-hybridized carbons (Fsp3) is 0.222. The number of rotatable bonds is 6. The average molecular weight is 333 g/mol. The average Bonchev–Trinajstić information content (AvgIpc) is 2.55. The zero-order valence-electron chi connectivity index (χ0n) is 13.1. The third-order valence-electron chi connectivity index (χ3n) is 3.46. The number of amides is 1. The van der Waals surface area contributed by atoms with Crippen LogP contribution in [0.5, 0.6) is 0 Å². The lowest BCUT2D eigenvalue weighted by Gasteiger charge is -2.17. The minimum Gasteiger partial charge on any atom is -0.467 e. The van der Waals surface area contributed by atoms with E-state index in [-0.39, 0.29) is 12.8 Å². The van der Waals surface area contributed by atoms with E-state index < -0.39 is 29.6 Å². The Morgan fingerprint density at radius 1 is 1.12 bits per heavy atom. The van der Waals surface area contributed by atoms with Gasteiger partial charge in [-0.05, 0) is 29.3 Å². The van der Waals surface area contributed by atoms with Gasteiger partial charge in [-0.25, -0.2) is 13.6 Å².